The highest BCUT2D eigenvalue weighted by Gasteiger charge is 2.10. The minimum atomic E-state index is -2.93. The molecule has 114 valence electrons. The number of hydrogen-bond acceptors (Lipinski definition) is 4. The van der Waals surface area contributed by atoms with Gasteiger partial charge in [-0.3, -0.25) is 0 Å². The molecule has 5 heteroatoms. The predicted octanol–water partition coefficient (Wildman–Crippen LogP) is 2.52. The van der Waals surface area contributed by atoms with Crippen molar-refractivity contribution in [3.05, 3.63) is 29.8 Å². The molecule has 0 spiro atoms. The van der Waals surface area contributed by atoms with E-state index in [2.05, 4.69) is 6.92 Å². The van der Waals surface area contributed by atoms with Crippen LogP contribution < -0.4 is 10.5 Å². The lowest BCUT2D eigenvalue weighted by Gasteiger charge is -2.10. The fourth-order valence-electron chi connectivity index (χ4n) is 1.95. The molecule has 0 heterocycles. The third-order valence-corrected chi connectivity index (χ3v) is 4.93. The summed E-state index contributed by atoms with van der Waals surface area (Å²) in [4.78, 5) is 0. The maximum absolute atomic E-state index is 11.8. The number of para-hydroxylation sites is 1. The van der Waals surface area contributed by atoms with Crippen LogP contribution in [0.3, 0.4) is 0 Å². The first-order valence-corrected chi connectivity index (χ1v) is 9.02. The highest BCUT2D eigenvalue weighted by atomic mass is 32.2. The summed E-state index contributed by atoms with van der Waals surface area (Å²) in [6, 6.07) is 7.57. The summed E-state index contributed by atoms with van der Waals surface area (Å²) in [6.45, 7) is 2.89. The highest BCUT2D eigenvalue weighted by Crippen LogP contribution is 2.17. The summed E-state index contributed by atoms with van der Waals surface area (Å²) in [5, 5.41) is 0. The smallest absolute Gasteiger partial charge is 0.150 e. The van der Waals surface area contributed by atoms with Gasteiger partial charge in [0.25, 0.3) is 0 Å². The molecule has 2 N–H and O–H groups in total. The van der Waals surface area contributed by atoms with E-state index in [1.807, 2.05) is 24.3 Å². The van der Waals surface area contributed by atoms with Gasteiger partial charge < -0.3 is 10.5 Å². The van der Waals surface area contributed by atoms with Crippen LogP contribution in [0.5, 0.6) is 5.75 Å². The largest absolute Gasteiger partial charge is 0.493 e. The Bertz CT molecular complexity index is 486. The standard InChI is InChI=1S/C15H25NO3S/c1-2-3-6-11-20(17,18)12-7-10-19-15-9-5-4-8-14(15)13-16/h4-5,8-9H,2-3,6-7,10-13,16H2,1H3. The fourth-order valence-corrected chi connectivity index (χ4v) is 3.35. The van der Waals surface area contributed by atoms with Crippen molar-refractivity contribution >= 4 is 9.84 Å². The molecule has 0 unspecified atom stereocenters. The molecule has 0 saturated carbocycles. The Balaban J connectivity index is 2.31. The fraction of sp³-hybridized carbons (Fsp3) is 0.600. The average molecular weight is 299 g/mol. The van der Waals surface area contributed by atoms with Crippen molar-refractivity contribution < 1.29 is 13.2 Å². The third-order valence-electron chi connectivity index (χ3n) is 3.11. The predicted molar refractivity (Wildman–Crippen MR) is 82.6 cm³/mol. The molecule has 0 aliphatic rings. The molecule has 0 aromatic heterocycles. The number of unbranched alkanes of at least 4 members (excludes halogenated alkanes) is 2. The van der Waals surface area contributed by atoms with Crippen LogP contribution in [-0.2, 0) is 16.4 Å². The van der Waals surface area contributed by atoms with Gasteiger partial charge in [0.1, 0.15) is 15.6 Å². The quantitative estimate of drug-likeness (QED) is 0.674. The van der Waals surface area contributed by atoms with Crippen molar-refractivity contribution in [3.8, 4) is 5.75 Å². The van der Waals surface area contributed by atoms with E-state index in [0.717, 1.165) is 30.6 Å². The zero-order chi connectivity index (χ0) is 14.8. The molecule has 0 aliphatic heterocycles. The number of sulfone groups is 1. The lowest BCUT2D eigenvalue weighted by Crippen LogP contribution is -2.14. The van der Waals surface area contributed by atoms with Gasteiger partial charge in [-0.1, -0.05) is 38.0 Å². The topological polar surface area (TPSA) is 69.4 Å². The number of hydrogen-bond donors (Lipinski definition) is 1. The van der Waals surface area contributed by atoms with E-state index < -0.39 is 9.84 Å². The first kappa shape index (κ1) is 17.0. The van der Waals surface area contributed by atoms with E-state index in [1.54, 1.807) is 0 Å². The molecule has 0 bridgehead atoms. The Kier molecular flexibility index (Phi) is 7.62. The van der Waals surface area contributed by atoms with Crippen molar-refractivity contribution in [2.45, 2.75) is 39.2 Å². The van der Waals surface area contributed by atoms with Crippen molar-refractivity contribution in [2.24, 2.45) is 5.73 Å². The van der Waals surface area contributed by atoms with E-state index in [1.165, 1.54) is 0 Å². The minimum Gasteiger partial charge on any atom is -0.493 e. The molecular weight excluding hydrogens is 274 g/mol. The number of nitrogens with two attached hydrogens (primary N) is 1. The molecule has 0 saturated heterocycles. The molecular formula is C15H25NO3S. The van der Waals surface area contributed by atoms with Crippen molar-refractivity contribution in [1.29, 1.82) is 0 Å². The Morgan fingerprint density at radius 2 is 1.80 bits per heavy atom. The van der Waals surface area contributed by atoms with Crippen LogP contribution in [0.25, 0.3) is 0 Å². The Morgan fingerprint density at radius 3 is 2.50 bits per heavy atom. The molecule has 20 heavy (non-hydrogen) atoms. The highest BCUT2D eigenvalue weighted by molar-refractivity contribution is 7.91. The van der Waals surface area contributed by atoms with Gasteiger partial charge >= 0.3 is 0 Å². The first-order valence-electron chi connectivity index (χ1n) is 7.20. The second kappa shape index (κ2) is 8.97. The van der Waals surface area contributed by atoms with Gasteiger partial charge in [-0.05, 0) is 18.9 Å². The molecule has 1 aromatic carbocycles. The molecule has 0 aliphatic carbocycles. The summed E-state index contributed by atoms with van der Waals surface area (Å²) >= 11 is 0. The molecule has 0 amide bonds. The first-order chi connectivity index (χ1) is 9.59. The van der Waals surface area contributed by atoms with Gasteiger partial charge in [-0.25, -0.2) is 8.42 Å². The van der Waals surface area contributed by atoms with Crippen LogP contribution in [0, 0.1) is 0 Å². The molecule has 4 nitrogen and oxygen atoms in total. The van der Waals surface area contributed by atoms with Gasteiger partial charge in [0.15, 0.2) is 0 Å². The molecule has 1 rings (SSSR count). The van der Waals surface area contributed by atoms with Gasteiger partial charge in [0.05, 0.1) is 18.1 Å². The molecule has 1 aromatic rings. The normalized spacial score (nSPS) is 11.5. The Hall–Kier alpha value is -1.07. The lowest BCUT2D eigenvalue weighted by atomic mass is 10.2. The van der Waals surface area contributed by atoms with Crippen LogP contribution in [0.15, 0.2) is 24.3 Å². The summed E-state index contributed by atoms with van der Waals surface area (Å²) in [5.74, 6) is 1.24. The van der Waals surface area contributed by atoms with Crippen LogP contribution in [0.1, 0.15) is 38.2 Å². The summed E-state index contributed by atoms with van der Waals surface area (Å²) < 4.78 is 29.1. The SMILES string of the molecule is CCCCCS(=O)(=O)CCCOc1ccccc1CN. The number of benzene rings is 1. The van der Waals surface area contributed by atoms with Crippen LogP contribution in [0.2, 0.25) is 0 Å². The van der Waals surface area contributed by atoms with Crippen molar-refractivity contribution in [3.63, 3.8) is 0 Å². The van der Waals surface area contributed by atoms with Gasteiger partial charge in [-0.2, -0.15) is 0 Å². The monoisotopic (exact) mass is 299 g/mol. The van der Waals surface area contributed by atoms with E-state index in [0.29, 0.717) is 25.3 Å². The summed E-state index contributed by atoms with van der Waals surface area (Å²) in [5.41, 5.74) is 6.56. The second-order valence-electron chi connectivity index (χ2n) is 4.87. The van der Waals surface area contributed by atoms with Gasteiger partial charge in [0, 0.05) is 12.1 Å². The molecule has 0 radical (unpaired) electrons. The Labute approximate surface area is 122 Å². The second-order valence-corrected chi connectivity index (χ2v) is 7.18. The third kappa shape index (κ3) is 6.39. The van der Waals surface area contributed by atoms with E-state index >= 15 is 0 Å². The van der Waals surface area contributed by atoms with Gasteiger partial charge in [-0.15, -0.1) is 0 Å². The van der Waals surface area contributed by atoms with Gasteiger partial charge in [0.2, 0.25) is 0 Å². The number of rotatable bonds is 10. The van der Waals surface area contributed by atoms with E-state index in [4.69, 9.17) is 10.5 Å². The van der Waals surface area contributed by atoms with E-state index in [9.17, 15) is 8.42 Å². The summed E-state index contributed by atoms with van der Waals surface area (Å²) in [7, 11) is -2.93. The zero-order valence-corrected chi connectivity index (χ0v) is 13.0. The zero-order valence-electron chi connectivity index (χ0n) is 12.2. The Morgan fingerprint density at radius 1 is 1.10 bits per heavy atom. The maximum atomic E-state index is 11.8. The summed E-state index contributed by atoms with van der Waals surface area (Å²) in [6.07, 6.45) is 3.29. The van der Waals surface area contributed by atoms with Crippen molar-refractivity contribution in [2.75, 3.05) is 18.1 Å². The molecule has 0 atom stereocenters. The van der Waals surface area contributed by atoms with E-state index in [-0.39, 0.29) is 5.75 Å². The van der Waals surface area contributed by atoms with Crippen LogP contribution in [-0.4, -0.2) is 26.5 Å². The van der Waals surface area contributed by atoms with Crippen LogP contribution in [0.4, 0.5) is 0 Å². The minimum absolute atomic E-state index is 0.196. The van der Waals surface area contributed by atoms with Crippen LogP contribution >= 0.6 is 0 Å². The molecule has 0 fully saturated rings. The average Bonchev–Trinajstić information content (AvgIpc) is 2.44. The maximum Gasteiger partial charge on any atom is 0.150 e. The lowest BCUT2D eigenvalue weighted by molar-refractivity contribution is 0.314. The number of ether oxygens (including phenoxy) is 1. The van der Waals surface area contributed by atoms with Crippen molar-refractivity contribution in [1.82, 2.24) is 0 Å².